The van der Waals surface area contributed by atoms with Gasteiger partial charge in [0.05, 0.1) is 28.6 Å². The predicted molar refractivity (Wildman–Crippen MR) is 71.7 cm³/mol. The van der Waals surface area contributed by atoms with E-state index in [2.05, 4.69) is 38.3 Å². The molecule has 0 spiro atoms. The predicted octanol–water partition coefficient (Wildman–Crippen LogP) is 2.12. The smallest absolute Gasteiger partial charge is 0.0752 e. The second-order valence-electron chi connectivity index (χ2n) is 3.86. The van der Waals surface area contributed by atoms with Crippen LogP contribution in [0.25, 0.3) is 0 Å². The Hall–Kier alpha value is -1.56. The number of halogens is 1. The first kappa shape index (κ1) is 11.9. The van der Waals surface area contributed by atoms with Gasteiger partial charge in [-0.15, -0.1) is 0 Å². The van der Waals surface area contributed by atoms with Crippen LogP contribution in [0.5, 0.6) is 0 Å². The Morgan fingerprint density at radius 2 is 2.35 bits per heavy atom. The first-order valence-electron chi connectivity index (χ1n) is 5.29. The Bertz CT molecular complexity index is 462. The number of pyridine rings is 1. The molecule has 0 saturated heterocycles. The molecule has 2 aromatic heterocycles. The van der Waals surface area contributed by atoms with Gasteiger partial charge in [0.2, 0.25) is 0 Å². The topological polar surface area (TPSA) is 68.8 Å². The summed E-state index contributed by atoms with van der Waals surface area (Å²) >= 11 is 3.43. The maximum absolute atomic E-state index is 5.87. The number of nitrogens with zero attached hydrogens (tertiary/aromatic N) is 3. The third kappa shape index (κ3) is 2.97. The number of hydrogen-bond acceptors (Lipinski definition) is 4. The molecular formula is C11H14BrN5. The van der Waals surface area contributed by atoms with Crippen molar-refractivity contribution in [3.8, 4) is 0 Å². The normalized spacial score (nSPS) is 12.4. The minimum Gasteiger partial charge on any atom is -0.396 e. The largest absolute Gasteiger partial charge is 0.396 e. The number of aromatic nitrogens is 3. The van der Waals surface area contributed by atoms with Gasteiger partial charge < -0.3 is 11.1 Å². The van der Waals surface area contributed by atoms with E-state index in [0.29, 0.717) is 5.69 Å². The third-order valence-electron chi connectivity index (χ3n) is 2.34. The highest BCUT2D eigenvalue weighted by atomic mass is 79.9. The molecule has 2 rings (SSSR count). The van der Waals surface area contributed by atoms with E-state index in [4.69, 9.17) is 5.73 Å². The van der Waals surface area contributed by atoms with Crippen LogP contribution in [-0.2, 0) is 6.54 Å². The molecule has 0 saturated carbocycles. The van der Waals surface area contributed by atoms with Crippen molar-refractivity contribution in [3.63, 3.8) is 0 Å². The van der Waals surface area contributed by atoms with Crippen LogP contribution in [0, 0.1) is 0 Å². The zero-order valence-electron chi connectivity index (χ0n) is 9.47. The Morgan fingerprint density at radius 3 is 3.00 bits per heavy atom. The molecule has 1 unspecified atom stereocenters. The lowest BCUT2D eigenvalue weighted by molar-refractivity contribution is 0.561. The molecular weight excluding hydrogens is 282 g/mol. The Labute approximate surface area is 108 Å². The van der Waals surface area contributed by atoms with E-state index >= 15 is 0 Å². The molecule has 5 nitrogen and oxygen atoms in total. The van der Waals surface area contributed by atoms with Crippen LogP contribution in [0.4, 0.5) is 11.4 Å². The third-order valence-corrected chi connectivity index (χ3v) is 2.94. The molecule has 0 bridgehead atoms. The lowest BCUT2D eigenvalue weighted by atomic mass is 10.3. The van der Waals surface area contributed by atoms with E-state index < -0.39 is 0 Å². The van der Waals surface area contributed by atoms with Crippen LogP contribution in [-0.4, -0.2) is 20.8 Å². The number of nitrogen functional groups attached to an aromatic ring is 1. The highest BCUT2D eigenvalue weighted by molar-refractivity contribution is 9.10. The summed E-state index contributed by atoms with van der Waals surface area (Å²) in [4.78, 5) is 4.00. The first-order valence-corrected chi connectivity index (χ1v) is 6.09. The highest BCUT2D eigenvalue weighted by Crippen LogP contribution is 2.27. The molecule has 1 atom stereocenters. The molecule has 0 aliphatic rings. The molecule has 0 radical (unpaired) electrons. The summed E-state index contributed by atoms with van der Waals surface area (Å²) in [5, 5.41) is 7.51. The molecule has 2 heterocycles. The summed E-state index contributed by atoms with van der Waals surface area (Å²) in [7, 11) is 0. The van der Waals surface area contributed by atoms with Gasteiger partial charge in [-0.3, -0.25) is 9.67 Å². The molecule has 0 amide bonds. The number of rotatable bonds is 4. The van der Waals surface area contributed by atoms with Gasteiger partial charge in [-0.2, -0.15) is 5.10 Å². The van der Waals surface area contributed by atoms with Gasteiger partial charge in [-0.1, -0.05) is 0 Å². The van der Waals surface area contributed by atoms with Crippen molar-refractivity contribution >= 4 is 27.3 Å². The second kappa shape index (κ2) is 5.18. The van der Waals surface area contributed by atoms with E-state index in [9.17, 15) is 0 Å². The molecule has 6 heteroatoms. The van der Waals surface area contributed by atoms with Crippen LogP contribution in [0.3, 0.4) is 0 Å². The van der Waals surface area contributed by atoms with Crippen LogP contribution >= 0.6 is 15.9 Å². The molecule has 2 aromatic rings. The van der Waals surface area contributed by atoms with Crippen molar-refractivity contribution in [3.05, 3.63) is 35.3 Å². The van der Waals surface area contributed by atoms with E-state index in [1.165, 1.54) is 0 Å². The van der Waals surface area contributed by atoms with Gasteiger partial charge >= 0.3 is 0 Å². The average molecular weight is 296 g/mol. The standard InChI is InChI=1S/C11H14BrN5/c1-8(7-17-4-2-3-15-17)16-11-9(12)5-14-6-10(11)13/h2-6,8H,7,13H2,1H3,(H,14,16). The minimum absolute atomic E-state index is 0.218. The van der Waals surface area contributed by atoms with Gasteiger partial charge in [0.25, 0.3) is 0 Å². The number of anilines is 2. The molecule has 0 aliphatic carbocycles. The van der Waals surface area contributed by atoms with Gasteiger partial charge in [0.15, 0.2) is 0 Å². The molecule has 90 valence electrons. The lowest BCUT2D eigenvalue weighted by Crippen LogP contribution is -2.23. The van der Waals surface area contributed by atoms with Crippen LogP contribution in [0.1, 0.15) is 6.92 Å². The average Bonchev–Trinajstić information content (AvgIpc) is 2.76. The van der Waals surface area contributed by atoms with Crippen molar-refractivity contribution < 1.29 is 0 Å². The Kier molecular flexibility index (Phi) is 3.63. The van der Waals surface area contributed by atoms with Crippen LogP contribution in [0.2, 0.25) is 0 Å². The van der Waals surface area contributed by atoms with Gasteiger partial charge in [0.1, 0.15) is 0 Å². The lowest BCUT2D eigenvalue weighted by Gasteiger charge is -2.17. The maximum atomic E-state index is 5.87. The van der Waals surface area contributed by atoms with E-state index in [0.717, 1.165) is 16.7 Å². The second-order valence-corrected chi connectivity index (χ2v) is 4.71. The summed E-state index contributed by atoms with van der Waals surface area (Å²) < 4.78 is 2.74. The highest BCUT2D eigenvalue weighted by Gasteiger charge is 2.09. The molecule has 0 fully saturated rings. The van der Waals surface area contributed by atoms with Crippen molar-refractivity contribution in [2.45, 2.75) is 19.5 Å². The summed E-state index contributed by atoms with van der Waals surface area (Å²) in [6.45, 7) is 2.86. The number of nitrogens with one attached hydrogen (secondary N) is 1. The monoisotopic (exact) mass is 295 g/mol. The molecule has 17 heavy (non-hydrogen) atoms. The van der Waals surface area contributed by atoms with E-state index in [1.807, 2.05) is 16.9 Å². The van der Waals surface area contributed by atoms with E-state index in [1.54, 1.807) is 18.6 Å². The van der Waals surface area contributed by atoms with Crippen LogP contribution < -0.4 is 11.1 Å². The van der Waals surface area contributed by atoms with Gasteiger partial charge in [-0.05, 0) is 28.9 Å². The zero-order valence-corrected chi connectivity index (χ0v) is 11.1. The Morgan fingerprint density at radius 1 is 1.53 bits per heavy atom. The van der Waals surface area contributed by atoms with Crippen molar-refractivity contribution in [2.75, 3.05) is 11.1 Å². The van der Waals surface area contributed by atoms with Gasteiger partial charge in [0, 0.05) is 24.6 Å². The molecule has 0 aromatic carbocycles. The quantitative estimate of drug-likeness (QED) is 0.907. The zero-order chi connectivity index (χ0) is 12.3. The number of hydrogen-bond donors (Lipinski definition) is 2. The van der Waals surface area contributed by atoms with Gasteiger partial charge in [-0.25, -0.2) is 0 Å². The Balaban J connectivity index is 2.05. The maximum Gasteiger partial charge on any atom is 0.0752 e. The summed E-state index contributed by atoms with van der Waals surface area (Å²) in [6, 6.07) is 2.12. The fourth-order valence-corrected chi connectivity index (χ4v) is 2.04. The SMILES string of the molecule is CC(Cn1cccn1)Nc1c(N)cncc1Br. The summed E-state index contributed by atoms with van der Waals surface area (Å²) in [5.74, 6) is 0. The molecule has 0 aliphatic heterocycles. The first-order chi connectivity index (χ1) is 8.16. The number of nitrogens with two attached hydrogens (primary N) is 1. The van der Waals surface area contributed by atoms with Crippen molar-refractivity contribution in [1.29, 1.82) is 0 Å². The fourth-order valence-electron chi connectivity index (χ4n) is 1.58. The minimum atomic E-state index is 0.218. The summed E-state index contributed by atoms with van der Waals surface area (Å²) in [5.41, 5.74) is 7.37. The van der Waals surface area contributed by atoms with Crippen molar-refractivity contribution in [1.82, 2.24) is 14.8 Å². The van der Waals surface area contributed by atoms with Crippen molar-refractivity contribution in [2.24, 2.45) is 0 Å². The van der Waals surface area contributed by atoms with Crippen LogP contribution in [0.15, 0.2) is 35.3 Å². The summed E-state index contributed by atoms with van der Waals surface area (Å²) in [6.07, 6.45) is 7.06. The fraction of sp³-hybridized carbons (Fsp3) is 0.273. The van der Waals surface area contributed by atoms with E-state index in [-0.39, 0.29) is 6.04 Å². The molecule has 3 N–H and O–H groups in total.